The molecule has 3 heterocycles. The van der Waals surface area contributed by atoms with Crippen LogP contribution in [0.2, 0.25) is 5.28 Å². The molecule has 5 nitrogen and oxygen atoms in total. The summed E-state index contributed by atoms with van der Waals surface area (Å²) in [6, 6.07) is 0.633. The van der Waals surface area contributed by atoms with Crippen LogP contribution in [0, 0.1) is 0 Å². The molecule has 2 N–H and O–H groups in total. The van der Waals surface area contributed by atoms with Crippen molar-refractivity contribution in [2.75, 3.05) is 36.8 Å². The van der Waals surface area contributed by atoms with Gasteiger partial charge in [-0.2, -0.15) is 4.98 Å². The maximum Gasteiger partial charge on any atom is 0.224 e. The van der Waals surface area contributed by atoms with Crippen LogP contribution in [0.4, 0.5) is 11.5 Å². The second kappa shape index (κ2) is 5.51. The minimum atomic E-state index is 0.269. The number of hydrogen-bond acceptors (Lipinski definition) is 5. The Morgan fingerprint density at radius 3 is 2.79 bits per heavy atom. The number of nitrogens with two attached hydrogens (primary N) is 1. The van der Waals surface area contributed by atoms with Crippen molar-refractivity contribution in [1.29, 1.82) is 0 Å². The first-order valence-corrected chi connectivity index (χ1v) is 7.39. The van der Waals surface area contributed by atoms with E-state index in [1.165, 1.54) is 38.8 Å². The Morgan fingerprint density at radius 1 is 1.21 bits per heavy atom. The minimum absolute atomic E-state index is 0.269. The largest absolute Gasteiger partial charge is 0.394 e. The van der Waals surface area contributed by atoms with Gasteiger partial charge in [-0.25, -0.2) is 4.98 Å². The standard InChI is InChI=1S/C13H20ClN5/c14-13-16-8-11(15)12(17-13)19-7-4-10(9-19)18-5-2-1-3-6-18/h8,10H,1-7,9,15H2. The molecule has 19 heavy (non-hydrogen) atoms. The number of nitrogen functional groups attached to an aromatic ring is 1. The average molecular weight is 282 g/mol. The summed E-state index contributed by atoms with van der Waals surface area (Å²) >= 11 is 5.87. The van der Waals surface area contributed by atoms with Crippen molar-refractivity contribution < 1.29 is 0 Å². The molecule has 2 fully saturated rings. The van der Waals surface area contributed by atoms with Gasteiger partial charge in [-0.15, -0.1) is 0 Å². The maximum atomic E-state index is 5.95. The van der Waals surface area contributed by atoms with Gasteiger partial charge in [0.2, 0.25) is 5.28 Å². The zero-order chi connectivity index (χ0) is 13.2. The van der Waals surface area contributed by atoms with Crippen LogP contribution in [0.3, 0.4) is 0 Å². The van der Waals surface area contributed by atoms with E-state index in [0.717, 1.165) is 18.9 Å². The van der Waals surface area contributed by atoms with Crippen LogP contribution in [-0.4, -0.2) is 47.1 Å². The summed E-state index contributed by atoms with van der Waals surface area (Å²) in [4.78, 5) is 13.0. The summed E-state index contributed by atoms with van der Waals surface area (Å²) in [5.41, 5.74) is 6.57. The number of halogens is 1. The zero-order valence-electron chi connectivity index (χ0n) is 11.1. The van der Waals surface area contributed by atoms with Crippen LogP contribution >= 0.6 is 11.6 Å². The number of anilines is 2. The molecule has 0 aliphatic carbocycles. The van der Waals surface area contributed by atoms with Crippen molar-refractivity contribution >= 4 is 23.1 Å². The first-order chi connectivity index (χ1) is 9.24. The van der Waals surface area contributed by atoms with E-state index in [1.54, 1.807) is 6.20 Å². The molecule has 0 saturated carbocycles. The highest BCUT2D eigenvalue weighted by Crippen LogP contribution is 2.27. The summed E-state index contributed by atoms with van der Waals surface area (Å²) in [5, 5.41) is 0.269. The van der Waals surface area contributed by atoms with E-state index in [2.05, 4.69) is 19.8 Å². The molecule has 1 aromatic rings. The van der Waals surface area contributed by atoms with Crippen LogP contribution in [0.15, 0.2) is 6.20 Å². The lowest BCUT2D eigenvalue weighted by atomic mass is 10.1. The number of nitrogens with zero attached hydrogens (tertiary/aromatic N) is 4. The number of likely N-dealkylation sites (tertiary alicyclic amines) is 1. The number of aromatic nitrogens is 2. The van der Waals surface area contributed by atoms with Crippen LogP contribution in [-0.2, 0) is 0 Å². The first-order valence-electron chi connectivity index (χ1n) is 7.01. The molecule has 2 aliphatic rings. The molecule has 0 spiro atoms. The van der Waals surface area contributed by atoms with Gasteiger partial charge in [-0.1, -0.05) is 6.42 Å². The molecule has 2 aliphatic heterocycles. The van der Waals surface area contributed by atoms with E-state index < -0.39 is 0 Å². The van der Waals surface area contributed by atoms with E-state index in [-0.39, 0.29) is 5.28 Å². The fourth-order valence-corrected chi connectivity index (χ4v) is 3.26. The van der Waals surface area contributed by atoms with Gasteiger partial charge >= 0.3 is 0 Å². The molecule has 3 rings (SSSR count). The molecule has 1 aromatic heterocycles. The SMILES string of the molecule is Nc1cnc(Cl)nc1N1CCC(N2CCCCC2)C1. The highest BCUT2D eigenvalue weighted by atomic mass is 35.5. The summed E-state index contributed by atoms with van der Waals surface area (Å²) < 4.78 is 0. The lowest BCUT2D eigenvalue weighted by Crippen LogP contribution is -2.41. The van der Waals surface area contributed by atoms with Crippen LogP contribution in [0.5, 0.6) is 0 Å². The van der Waals surface area contributed by atoms with Crippen molar-refractivity contribution in [2.45, 2.75) is 31.7 Å². The zero-order valence-corrected chi connectivity index (χ0v) is 11.8. The topological polar surface area (TPSA) is 58.3 Å². The van der Waals surface area contributed by atoms with Gasteiger partial charge in [-0.3, -0.25) is 4.90 Å². The van der Waals surface area contributed by atoms with Crippen molar-refractivity contribution in [3.05, 3.63) is 11.5 Å². The van der Waals surface area contributed by atoms with Gasteiger partial charge in [0.1, 0.15) is 0 Å². The van der Waals surface area contributed by atoms with Gasteiger partial charge in [0.25, 0.3) is 0 Å². The van der Waals surface area contributed by atoms with Gasteiger partial charge < -0.3 is 10.6 Å². The number of hydrogen-bond donors (Lipinski definition) is 1. The fraction of sp³-hybridized carbons (Fsp3) is 0.692. The van der Waals surface area contributed by atoms with Crippen molar-refractivity contribution in [2.24, 2.45) is 0 Å². The summed E-state index contributed by atoms with van der Waals surface area (Å²) in [6.45, 7) is 4.47. The van der Waals surface area contributed by atoms with Crippen LogP contribution in [0.1, 0.15) is 25.7 Å². The number of piperidine rings is 1. The molecule has 0 aromatic carbocycles. The summed E-state index contributed by atoms with van der Waals surface area (Å²) in [5.74, 6) is 0.791. The highest BCUT2D eigenvalue weighted by molar-refractivity contribution is 6.28. The second-order valence-electron chi connectivity index (χ2n) is 5.40. The molecule has 0 amide bonds. The van der Waals surface area contributed by atoms with Crippen molar-refractivity contribution in [1.82, 2.24) is 14.9 Å². The Bertz CT molecular complexity index is 447. The third-order valence-corrected chi connectivity index (χ3v) is 4.32. The summed E-state index contributed by atoms with van der Waals surface area (Å²) in [6.07, 6.45) is 6.82. The first kappa shape index (κ1) is 12.9. The molecular formula is C13H20ClN5. The Hall–Kier alpha value is -1.07. The molecule has 0 radical (unpaired) electrons. The molecule has 6 heteroatoms. The summed E-state index contributed by atoms with van der Waals surface area (Å²) in [7, 11) is 0. The van der Waals surface area contributed by atoms with E-state index >= 15 is 0 Å². The van der Waals surface area contributed by atoms with Crippen LogP contribution in [0.25, 0.3) is 0 Å². The van der Waals surface area contributed by atoms with Crippen LogP contribution < -0.4 is 10.6 Å². The third kappa shape index (κ3) is 2.77. The fourth-order valence-electron chi connectivity index (χ4n) is 3.13. The lowest BCUT2D eigenvalue weighted by Gasteiger charge is -2.32. The molecule has 1 unspecified atom stereocenters. The highest BCUT2D eigenvalue weighted by Gasteiger charge is 2.30. The Morgan fingerprint density at radius 2 is 2.00 bits per heavy atom. The Labute approximate surface area is 118 Å². The van der Waals surface area contributed by atoms with Gasteiger partial charge in [0.05, 0.1) is 11.9 Å². The normalized spacial score (nSPS) is 24.9. The lowest BCUT2D eigenvalue weighted by molar-refractivity contribution is 0.175. The minimum Gasteiger partial charge on any atom is -0.394 e. The average Bonchev–Trinajstić information content (AvgIpc) is 2.92. The quantitative estimate of drug-likeness (QED) is 0.838. The van der Waals surface area contributed by atoms with Gasteiger partial charge in [0, 0.05) is 19.1 Å². The van der Waals surface area contributed by atoms with E-state index in [9.17, 15) is 0 Å². The van der Waals surface area contributed by atoms with Crippen molar-refractivity contribution in [3.63, 3.8) is 0 Å². The van der Waals surface area contributed by atoms with Gasteiger partial charge in [0.15, 0.2) is 5.82 Å². The predicted molar refractivity (Wildman–Crippen MR) is 77.5 cm³/mol. The van der Waals surface area contributed by atoms with E-state index in [4.69, 9.17) is 17.3 Å². The van der Waals surface area contributed by atoms with E-state index in [1.807, 2.05) is 0 Å². The molecule has 0 bridgehead atoms. The number of rotatable bonds is 2. The third-order valence-electron chi connectivity index (χ3n) is 4.14. The molecule has 104 valence electrons. The molecule has 1 atom stereocenters. The monoisotopic (exact) mass is 281 g/mol. The molecular weight excluding hydrogens is 262 g/mol. The van der Waals surface area contributed by atoms with Gasteiger partial charge in [-0.05, 0) is 44.0 Å². The van der Waals surface area contributed by atoms with E-state index in [0.29, 0.717) is 11.7 Å². The molecule has 2 saturated heterocycles. The second-order valence-corrected chi connectivity index (χ2v) is 5.74. The maximum absolute atomic E-state index is 5.95. The van der Waals surface area contributed by atoms with Crippen molar-refractivity contribution in [3.8, 4) is 0 Å². The Kier molecular flexibility index (Phi) is 3.75. The predicted octanol–water partition coefficient (Wildman–Crippen LogP) is 1.78. The Balaban J connectivity index is 1.69. The smallest absolute Gasteiger partial charge is 0.224 e.